The van der Waals surface area contributed by atoms with Crippen molar-refractivity contribution in [1.82, 2.24) is 4.90 Å². The van der Waals surface area contributed by atoms with E-state index in [0.717, 1.165) is 50.9 Å². The van der Waals surface area contributed by atoms with E-state index >= 15 is 0 Å². The molecule has 2 N–H and O–H groups in total. The highest BCUT2D eigenvalue weighted by Gasteiger charge is 2.20. The fourth-order valence-corrected chi connectivity index (χ4v) is 2.89. The molecule has 0 radical (unpaired) electrons. The SMILES string of the molecule is NC(=O)OC1CCN(CCCC#Cc2cc(Cl)ccc2Cl)CC1. The van der Waals surface area contributed by atoms with Crippen molar-refractivity contribution in [2.45, 2.75) is 31.8 Å². The van der Waals surface area contributed by atoms with Gasteiger partial charge in [-0.25, -0.2) is 4.79 Å². The Kier molecular flexibility index (Phi) is 7.04. The second kappa shape index (κ2) is 9.02. The Morgan fingerprint density at radius 3 is 2.78 bits per heavy atom. The fraction of sp³-hybridized carbons (Fsp3) is 0.471. The molecule has 1 aromatic rings. The summed E-state index contributed by atoms with van der Waals surface area (Å²) < 4.78 is 5.02. The molecule has 1 aliphatic rings. The Bertz CT molecular complexity index is 602. The monoisotopic (exact) mass is 354 g/mol. The molecule has 1 aromatic carbocycles. The van der Waals surface area contributed by atoms with Gasteiger partial charge in [0.05, 0.1) is 5.02 Å². The number of hydrogen-bond donors (Lipinski definition) is 1. The van der Waals surface area contributed by atoms with Crippen molar-refractivity contribution in [2.24, 2.45) is 5.73 Å². The predicted octanol–water partition coefficient (Wildman–Crippen LogP) is 3.68. The molecule has 4 nitrogen and oxygen atoms in total. The van der Waals surface area contributed by atoms with Gasteiger partial charge in [0.1, 0.15) is 6.10 Å². The first-order valence-electron chi connectivity index (χ1n) is 7.67. The molecule has 0 saturated carbocycles. The molecule has 6 heteroatoms. The van der Waals surface area contributed by atoms with Crippen LogP contribution in [0.5, 0.6) is 0 Å². The number of ether oxygens (including phenoxy) is 1. The summed E-state index contributed by atoms with van der Waals surface area (Å²) in [5, 5.41) is 1.26. The van der Waals surface area contributed by atoms with Gasteiger partial charge in [-0.05, 0) is 44.0 Å². The second-order valence-electron chi connectivity index (χ2n) is 5.51. The van der Waals surface area contributed by atoms with Gasteiger partial charge in [0.25, 0.3) is 0 Å². The number of hydrogen-bond acceptors (Lipinski definition) is 3. The van der Waals surface area contributed by atoms with Gasteiger partial charge in [0, 0.05) is 30.1 Å². The van der Waals surface area contributed by atoms with E-state index in [1.165, 1.54) is 0 Å². The minimum absolute atomic E-state index is 0.0338. The first-order chi connectivity index (χ1) is 11.0. The zero-order chi connectivity index (χ0) is 16.7. The maximum absolute atomic E-state index is 10.7. The molecular weight excluding hydrogens is 335 g/mol. The zero-order valence-corrected chi connectivity index (χ0v) is 14.4. The Balaban J connectivity index is 1.68. The summed E-state index contributed by atoms with van der Waals surface area (Å²) in [6.07, 6.45) is 2.76. The summed E-state index contributed by atoms with van der Waals surface area (Å²) in [6, 6.07) is 5.28. The highest BCUT2D eigenvalue weighted by atomic mass is 35.5. The van der Waals surface area contributed by atoms with Crippen LogP contribution < -0.4 is 5.73 Å². The smallest absolute Gasteiger partial charge is 0.404 e. The highest BCUT2D eigenvalue weighted by Crippen LogP contribution is 2.19. The van der Waals surface area contributed by atoms with Crippen LogP contribution in [0, 0.1) is 11.8 Å². The van der Waals surface area contributed by atoms with Crippen molar-refractivity contribution in [3.8, 4) is 11.8 Å². The van der Waals surface area contributed by atoms with Crippen molar-refractivity contribution in [3.05, 3.63) is 33.8 Å². The van der Waals surface area contributed by atoms with Gasteiger partial charge in [-0.3, -0.25) is 0 Å². The third-order valence-electron chi connectivity index (χ3n) is 3.75. The van der Waals surface area contributed by atoms with Crippen molar-refractivity contribution in [3.63, 3.8) is 0 Å². The summed E-state index contributed by atoms with van der Waals surface area (Å²) in [5.41, 5.74) is 5.80. The molecule has 0 atom stereocenters. The molecule has 0 bridgehead atoms. The van der Waals surface area contributed by atoms with E-state index in [1.54, 1.807) is 18.2 Å². The standard InChI is InChI=1S/C17H20Cl2N2O2/c18-14-5-6-16(19)13(12-14)4-2-1-3-9-21-10-7-15(8-11-21)23-17(20)22/h5-6,12,15H,1,3,7-11H2,(H2,20,22). The maximum Gasteiger partial charge on any atom is 0.404 e. The fourth-order valence-electron chi connectivity index (χ4n) is 2.56. The quantitative estimate of drug-likeness (QED) is 0.662. The normalized spacial score (nSPS) is 15.7. The number of amides is 1. The topological polar surface area (TPSA) is 55.6 Å². The van der Waals surface area contributed by atoms with Crippen molar-refractivity contribution >= 4 is 29.3 Å². The molecular formula is C17H20Cl2N2O2. The molecule has 23 heavy (non-hydrogen) atoms. The van der Waals surface area contributed by atoms with Crippen LogP contribution in [0.15, 0.2) is 18.2 Å². The number of benzene rings is 1. The van der Waals surface area contributed by atoms with Crippen LogP contribution in [-0.2, 0) is 4.74 Å². The zero-order valence-electron chi connectivity index (χ0n) is 12.9. The van der Waals surface area contributed by atoms with E-state index in [0.29, 0.717) is 10.0 Å². The number of primary amides is 1. The minimum atomic E-state index is -0.682. The summed E-state index contributed by atoms with van der Waals surface area (Å²) in [4.78, 5) is 13.1. The average molecular weight is 355 g/mol. The lowest BCUT2D eigenvalue weighted by molar-refractivity contribution is 0.0561. The molecule has 1 heterocycles. The third kappa shape index (κ3) is 6.31. The lowest BCUT2D eigenvalue weighted by Crippen LogP contribution is -2.39. The number of nitrogens with two attached hydrogens (primary N) is 1. The average Bonchev–Trinajstić information content (AvgIpc) is 2.51. The lowest BCUT2D eigenvalue weighted by Gasteiger charge is -2.30. The number of rotatable bonds is 4. The van der Waals surface area contributed by atoms with Crippen LogP contribution in [0.4, 0.5) is 4.79 Å². The Hall–Kier alpha value is -1.41. The number of unbranched alkanes of at least 4 members (excludes halogenated alkanes) is 1. The maximum atomic E-state index is 10.7. The van der Waals surface area contributed by atoms with Crippen LogP contribution in [-0.4, -0.2) is 36.7 Å². The van der Waals surface area contributed by atoms with Crippen molar-refractivity contribution in [2.75, 3.05) is 19.6 Å². The summed E-state index contributed by atoms with van der Waals surface area (Å²) >= 11 is 12.0. The molecule has 1 saturated heterocycles. The number of carbonyl (C=O) groups is 1. The van der Waals surface area contributed by atoms with Crippen LogP contribution in [0.25, 0.3) is 0 Å². The molecule has 2 rings (SSSR count). The van der Waals surface area contributed by atoms with Crippen LogP contribution in [0.3, 0.4) is 0 Å². The van der Waals surface area contributed by atoms with E-state index in [2.05, 4.69) is 16.7 Å². The van der Waals surface area contributed by atoms with Gasteiger partial charge in [0.2, 0.25) is 0 Å². The van der Waals surface area contributed by atoms with E-state index in [-0.39, 0.29) is 6.10 Å². The minimum Gasteiger partial charge on any atom is -0.446 e. The van der Waals surface area contributed by atoms with Gasteiger partial charge in [-0.2, -0.15) is 0 Å². The van der Waals surface area contributed by atoms with Crippen LogP contribution in [0.1, 0.15) is 31.2 Å². The summed E-state index contributed by atoms with van der Waals surface area (Å²) in [7, 11) is 0. The summed E-state index contributed by atoms with van der Waals surface area (Å²) in [6.45, 7) is 2.83. The summed E-state index contributed by atoms with van der Waals surface area (Å²) in [5.74, 6) is 6.20. The molecule has 1 fully saturated rings. The second-order valence-corrected chi connectivity index (χ2v) is 6.35. The van der Waals surface area contributed by atoms with Crippen molar-refractivity contribution in [1.29, 1.82) is 0 Å². The molecule has 0 spiro atoms. The lowest BCUT2D eigenvalue weighted by atomic mass is 10.1. The molecule has 1 aliphatic heterocycles. The van der Waals surface area contributed by atoms with E-state index in [1.807, 2.05) is 0 Å². The molecule has 1 amide bonds. The van der Waals surface area contributed by atoms with Crippen LogP contribution in [0.2, 0.25) is 10.0 Å². The number of carbonyl (C=O) groups excluding carboxylic acids is 1. The van der Waals surface area contributed by atoms with E-state index in [9.17, 15) is 4.79 Å². The number of piperidine rings is 1. The first-order valence-corrected chi connectivity index (χ1v) is 8.42. The largest absolute Gasteiger partial charge is 0.446 e. The number of likely N-dealkylation sites (tertiary alicyclic amines) is 1. The Morgan fingerprint density at radius 1 is 1.35 bits per heavy atom. The van der Waals surface area contributed by atoms with Gasteiger partial charge >= 0.3 is 6.09 Å². The van der Waals surface area contributed by atoms with E-state index < -0.39 is 6.09 Å². The first kappa shape index (κ1) is 17.9. The van der Waals surface area contributed by atoms with Crippen molar-refractivity contribution < 1.29 is 9.53 Å². The van der Waals surface area contributed by atoms with E-state index in [4.69, 9.17) is 33.7 Å². The third-order valence-corrected chi connectivity index (χ3v) is 4.31. The number of nitrogens with zero attached hydrogens (tertiary/aromatic N) is 1. The molecule has 124 valence electrons. The Labute approximate surface area is 146 Å². The van der Waals surface area contributed by atoms with Gasteiger partial charge in [-0.1, -0.05) is 35.0 Å². The molecule has 0 aliphatic carbocycles. The van der Waals surface area contributed by atoms with Gasteiger partial charge in [0.15, 0.2) is 0 Å². The highest BCUT2D eigenvalue weighted by molar-refractivity contribution is 6.33. The van der Waals surface area contributed by atoms with Crippen LogP contribution >= 0.6 is 23.2 Å². The molecule has 0 aromatic heterocycles. The van der Waals surface area contributed by atoms with Gasteiger partial charge in [-0.15, -0.1) is 0 Å². The number of halogens is 2. The van der Waals surface area contributed by atoms with Gasteiger partial charge < -0.3 is 15.4 Å². The molecule has 0 unspecified atom stereocenters. The Morgan fingerprint density at radius 2 is 2.09 bits per heavy atom. The predicted molar refractivity (Wildman–Crippen MR) is 92.7 cm³/mol.